The number of nitrogens with one attached hydrogen (secondary N) is 1. The smallest absolute Gasteiger partial charge is 0.264 e. The molecule has 39 heavy (non-hydrogen) atoms. The number of rotatable bonds is 11. The molecule has 0 radical (unpaired) electrons. The Morgan fingerprint density at radius 1 is 0.923 bits per heavy atom. The summed E-state index contributed by atoms with van der Waals surface area (Å²) in [5, 5.41) is 3.35. The summed E-state index contributed by atoms with van der Waals surface area (Å²) in [5.41, 5.74) is 1.99. The molecule has 0 unspecified atom stereocenters. The van der Waals surface area contributed by atoms with Crippen molar-refractivity contribution in [3.05, 3.63) is 94.0 Å². The molecule has 7 nitrogen and oxygen atoms in total. The van der Waals surface area contributed by atoms with E-state index < -0.39 is 28.5 Å². The van der Waals surface area contributed by atoms with Gasteiger partial charge in [0.05, 0.1) is 10.6 Å². The maximum Gasteiger partial charge on any atom is 0.264 e. The first-order chi connectivity index (χ1) is 18.4. The summed E-state index contributed by atoms with van der Waals surface area (Å²) < 4.78 is 28.6. The Morgan fingerprint density at radius 3 is 2.08 bits per heavy atom. The summed E-state index contributed by atoms with van der Waals surface area (Å²) in [6, 6.07) is 18.8. The van der Waals surface area contributed by atoms with Crippen LogP contribution in [-0.4, -0.2) is 43.8 Å². The number of hydrogen-bond acceptors (Lipinski definition) is 4. The van der Waals surface area contributed by atoms with Gasteiger partial charge in [0, 0.05) is 22.6 Å². The highest BCUT2D eigenvalue weighted by Crippen LogP contribution is 2.30. The zero-order chi connectivity index (χ0) is 28.7. The van der Waals surface area contributed by atoms with E-state index in [1.165, 1.54) is 35.2 Å². The molecule has 1 N–H and O–H groups in total. The Bertz CT molecular complexity index is 1380. The molecule has 0 saturated heterocycles. The number of sulfonamides is 1. The molecule has 0 saturated carbocycles. The van der Waals surface area contributed by atoms with Gasteiger partial charge in [0.15, 0.2) is 0 Å². The summed E-state index contributed by atoms with van der Waals surface area (Å²) in [6.45, 7) is 6.97. The predicted octanol–water partition coefficient (Wildman–Crippen LogP) is 5.83. The van der Waals surface area contributed by atoms with Gasteiger partial charge in [-0.05, 0) is 63.1 Å². The molecule has 0 spiro atoms. The van der Waals surface area contributed by atoms with E-state index in [0.717, 1.165) is 21.9 Å². The quantitative estimate of drug-likeness (QED) is 0.305. The van der Waals surface area contributed by atoms with Crippen molar-refractivity contribution in [3.63, 3.8) is 0 Å². The van der Waals surface area contributed by atoms with Crippen LogP contribution in [0.3, 0.4) is 0 Å². The molecular weight excluding hydrogens is 557 g/mol. The van der Waals surface area contributed by atoms with Gasteiger partial charge in [0.25, 0.3) is 10.0 Å². The maximum absolute atomic E-state index is 13.9. The van der Waals surface area contributed by atoms with Crippen LogP contribution in [0.2, 0.25) is 10.0 Å². The minimum atomic E-state index is -4.20. The third-order valence-electron chi connectivity index (χ3n) is 6.39. The van der Waals surface area contributed by atoms with Crippen molar-refractivity contribution in [1.82, 2.24) is 10.2 Å². The monoisotopic (exact) mass is 589 g/mol. The molecule has 3 aromatic carbocycles. The van der Waals surface area contributed by atoms with Crippen LogP contribution in [0.4, 0.5) is 5.69 Å². The number of amides is 2. The normalized spacial score (nSPS) is 12.9. The molecule has 2 atom stereocenters. The largest absolute Gasteiger partial charge is 0.352 e. The lowest BCUT2D eigenvalue weighted by atomic mass is 10.1. The van der Waals surface area contributed by atoms with Gasteiger partial charge >= 0.3 is 0 Å². The highest BCUT2D eigenvalue weighted by atomic mass is 35.5. The van der Waals surface area contributed by atoms with E-state index in [1.54, 1.807) is 25.1 Å². The van der Waals surface area contributed by atoms with Crippen LogP contribution in [-0.2, 0) is 26.2 Å². The first-order valence-corrected chi connectivity index (χ1v) is 14.8. The Labute approximate surface area is 240 Å². The molecule has 0 fully saturated rings. The van der Waals surface area contributed by atoms with E-state index in [0.29, 0.717) is 0 Å². The fourth-order valence-corrected chi connectivity index (χ4v) is 5.80. The molecule has 2 amide bonds. The molecule has 0 bridgehead atoms. The van der Waals surface area contributed by atoms with Gasteiger partial charge in [-0.2, -0.15) is 0 Å². The van der Waals surface area contributed by atoms with Crippen molar-refractivity contribution < 1.29 is 18.0 Å². The van der Waals surface area contributed by atoms with Crippen LogP contribution in [0.5, 0.6) is 0 Å². The van der Waals surface area contributed by atoms with Crippen LogP contribution in [0.25, 0.3) is 0 Å². The number of nitrogens with zero attached hydrogens (tertiary/aromatic N) is 2. The van der Waals surface area contributed by atoms with Crippen molar-refractivity contribution in [2.24, 2.45) is 0 Å². The van der Waals surface area contributed by atoms with E-state index in [2.05, 4.69) is 5.32 Å². The van der Waals surface area contributed by atoms with E-state index >= 15 is 0 Å². The van der Waals surface area contributed by atoms with Crippen molar-refractivity contribution in [3.8, 4) is 0 Å². The van der Waals surface area contributed by atoms with Gasteiger partial charge in [-0.3, -0.25) is 13.9 Å². The molecule has 0 aliphatic carbocycles. The zero-order valence-electron chi connectivity index (χ0n) is 22.4. The van der Waals surface area contributed by atoms with Crippen molar-refractivity contribution in [1.29, 1.82) is 0 Å². The van der Waals surface area contributed by atoms with Gasteiger partial charge in [0.1, 0.15) is 12.6 Å². The van der Waals surface area contributed by atoms with Crippen molar-refractivity contribution >= 4 is 50.7 Å². The number of carbonyl (C=O) groups excluding carboxylic acids is 2. The molecule has 208 valence electrons. The number of benzene rings is 3. The van der Waals surface area contributed by atoms with E-state index in [4.69, 9.17) is 23.2 Å². The molecule has 10 heteroatoms. The number of anilines is 1. The number of halogens is 2. The second kappa shape index (κ2) is 13.3. The minimum Gasteiger partial charge on any atom is -0.352 e. The summed E-state index contributed by atoms with van der Waals surface area (Å²) in [7, 11) is -4.20. The first-order valence-electron chi connectivity index (χ1n) is 12.6. The Balaban J connectivity index is 2.04. The fraction of sp³-hybridized carbons (Fsp3) is 0.310. The lowest BCUT2D eigenvalue weighted by molar-refractivity contribution is -0.139. The summed E-state index contributed by atoms with van der Waals surface area (Å²) in [5.74, 6) is -0.883. The van der Waals surface area contributed by atoms with Gasteiger partial charge in [-0.25, -0.2) is 8.42 Å². The number of aryl methyl sites for hydroxylation is 1. The predicted molar refractivity (Wildman–Crippen MR) is 157 cm³/mol. The lowest BCUT2D eigenvalue weighted by Gasteiger charge is -2.32. The van der Waals surface area contributed by atoms with Crippen LogP contribution < -0.4 is 9.62 Å². The van der Waals surface area contributed by atoms with Crippen LogP contribution in [0.1, 0.15) is 38.3 Å². The molecule has 0 aromatic heterocycles. The third kappa shape index (κ3) is 7.97. The minimum absolute atomic E-state index is 0.00143. The average Bonchev–Trinajstić information content (AvgIpc) is 2.90. The Morgan fingerprint density at radius 2 is 1.51 bits per heavy atom. The zero-order valence-corrected chi connectivity index (χ0v) is 24.7. The topological polar surface area (TPSA) is 86.8 Å². The van der Waals surface area contributed by atoms with Gasteiger partial charge in [0.2, 0.25) is 11.8 Å². The van der Waals surface area contributed by atoms with Crippen LogP contribution in [0.15, 0.2) is 77.7 Å². The molecule has 0 aliphatic heterocycles. The molecule has 0 aliphatic rings. The second-order valence-corrected chi connectivity index (χ2v) is 12.2. The Hall–Kier alpha value is -3.07. The van der Waals surface area contributed by atoms with Gasteiger partial charge < -0.3 is 10.2 Å². The summed E-state index contributed by atoms with van der Waals surface area (Å²) in [6.07, 6.45) is 0.725. The number of hydrogen-bond donors (Lipinski definition) is 1. The Kier molecular flexibility index (Phi) is 10.4. The van der Waals surface area contributed by atoms with E-state index in [9.17, 15) is 18.0 Å². The first kappa shape index (κ1) is 30.5. The fourth-order valence-electron chi connectivity index (χ4n) is 3.87. The van der Waals surface area contributed by atoms with Crippen molar-refractivity contribution in [2.45, 2.75) is 57.6 Å². The summed E-state index contributed by atoms with van der Waals surface area (Å²) >= 11 is 12.4. The SMILES string of the molecule is CC[C@H](C)NC(=O)[C@@H](C)N(Cc1ccc(C)cc1)C(=O)CN(c1cc(Cl)cc(Cl)c1)S(=O)(=O)c1ccccc1. The van der Waals surface area contributed by atoms with E-state index in [1.807, 2.05) is 45.0 Å². The van der Waals surface area contributed by atoms with Crippen LogP contribution in [0, 0.1) is 6.92 Å². The summed E-state index contributed by atoms with van der Waals surface area (Å²) in [4.78, 5) is 28.4. The average molecular weight is 591 g/mol. The van der Waals surface area contributed by atoms with Gasteiger partial charge in [-0.15, -0.1) is 0 Å². The van der Waals surface area contributed by atoms with E-state index in [-0.39, 0.29) is 39.1 Å². The molecule has 0 heterocycles. The molecular formula is C29H33Cl2N3O4S. The molecule has 3 rings (SSSR count). The standard InChI is InChI=1S/C29H33Cl2N3O4S/c1-5-21(3)32-29(36)22(4)33(18-23-13-11-20(2)12-14-23)28(35)19-34(26-16-24(30)15-25(31)17-26)39(37,38)27-9-7-6-8-10-27/h6-17,21-22H,5,18-19H2,1-4H3,(H,32,36)/t21-,22+/m0/s1. The van der Waals surface area contributed by atoms with Crippen LogP contribution >= 0.6 is 23.2 Å². The maximum atomic E-state index is 13.9. The highest BCUT2D eigenvalue weighted by Gasteiger charge is 2.33. The lowest BCUT2D eigenvalue weighted by Crippen LogP contribution is -2.52. The van der Waals surface area contributed by atoms with Gasteiger partial charge in [-0.1, -0.05) is 78.2 Å². The van der Waals surface area contributed by atoms with Crippen molar-refractivity contribution in [2.75, 3.05) is 10.8 Å². The third-order valence-corrected chi connectivity index (χ3v) is 8.61. The highest BCUT2D eigenvalue weighted by molar-refractivity contribution is 7.92. The number of carbonyl (C=O) groups is 2. The second-order valence-electron chi connectivity index (χ2n) is 9.45. The molecule has 3 aromatic rings.